The second-order valence-corrected chi connectivity index (χ2v) is 4.66. The third-order valence-electron chi connectivity index (χ3n) is 3.03. The summed E-state index contributed by atoms with van der Waals surface area (Å²) in [5.41, 5.74) is 0.430. The Hall–Kier alpha value is -2.23. The number of ether oxygens (including phenoxy) is 1. The predicted octanol–water partition coefficient (Wildman–Crippen LogP) is 4.18. The fourth-order valence-electron chi connectivity index (χ4n) is 1.99. The molecule has 2 aromatic rings. The minimum atomic E-state index is -0.974. The molecule has 4 heteroatoms. The Labute approximate surface area is 122 Å². The molecule has 0 aromatic heterocycles. The van der Waals surface area contributed by atoms with Crippen molar-refractivity contribution in [3.63, 3.8) is 0 Å². The number of hydrogen-bond donors (Lipinski definition) is 0. The largest absolute Gasteiger partial charge is 0.493 e. The summed E-state index contributed by atoms with van der Waals surface area (Å²) in [4.78, 5) is 12.3. The van der Waals surface area contributed by atoms with Crippen LogP contribution in [0.5, 0.6) is 5.75 Å². The van der Waals surface area contributed by atoms with E-state index in [1.54, 1.807) is 24.3 Å². The van der Waals surface area contributed by atoms with Crippen molar-refractivity contribution >= 4 is 5.78 Å². The summed E-state index contributed by atoms with van der Waals surface area (Å²) in [6.45, 7) is 2.46. The summed E-state index contributed by atoms with van der Waals surface area (Å²) in [5, 5.41) is 0. The van der Waals surface area contributed by atoms with Crippen LogP contribution in [0.1, 0.15) is 29.3 Å². The van der Waals surface area contributed by atoms with Gasteiger partial charge in [-0.2, -0.15) is 0 Å². The van der Waals surface area contributed by atoms with Gasteiger partial charge in [-0.1, -0.05) is 31.2 Å². The molecule has 0 aliphatic rings. The number of Topliss-reactive ketones (excluding diaryl/α,β-unsaturated/α-hetero) is 1. The lowest BCUT2D eigenvalue weighted by atomic mass is 10.0. The van der Waals surface area contributed by atoms with Gasteiger partial charge in [0.2, 0.25) is 0 Å². The Bertz CT molecular complexity index is 638. The van der Waals surface area contributed by atoms with E-state index < -0.39 is 11.6 Å². The third kappa shape index (κ3) is 3.66. The van der Waals surface area contributed by atoms with E-state index >= 15 is 0 Å². The normalized spacial score (nSPS) is 10.4. The Morgan fingerprint density at radius 1 is 1.10 bits per heavy atom. The van der Waals surface area contributed by atoms with Crippen molar-refractivity contribution in [1.29, 1.82) is 0 Å². The molecule has 0 amide bonds. The van der Waals surface area contributed by atoms with Crippen LogP contribution in [0, 0.1) is 11.6 Å². The van der Waals surface area contributed by atoms with Gasteiger partial charge in [0.15, 0.2) is 17.4 Å². The van der Waals surface area contributed by atoms with Gasteiger partial charge in [0.1, 0.15) is 5.75 Å². The second-order valence-electron chi connectivity index (χ2n) is 4.66. The number of rotatable bonds is 6. The first-order valence-corrected chi connectivity index (χ1v) is 6.81. The lowest BCUT2D eigenvalue weighted by Crippen LogP contribution is -2.09. The number of halogens is 2. The van der Waals surface area contributed by atoms with E-state index in [0.717, 1.165) is 12.5 Å². The van der Waals surface area contributed by atoms with E-state index in [0.29, 0.717) is 17.9 Å². The van der Waals surface area contributed by atoms with Gasteiger partial charge in [-0.3, -0.25) is 4.79 Å². The molecular weight excluding hydrogens is 274 g/mol. The maximum Gasteiger partial charge on any atom is 0.171 e. The van der Waals surface area contributed by atoms with Crippen LogP contribution in [0.25, 0.3) is 0 Å². The van der Waals surface area contributed by atoms with Crippen LogP contribution in [0.3, 0.4) is 0 Å². The minimum absolute atomic E-state index is 0.0466. The van der Waals surface area contributed by atoms with Crippen LogP contribution in [0.2, 0.25) is 0 Å². The molecule has 0 saturated carbocycles. The quantitative estimate of drug-likeness (QED) is 0.746. The fraction of sp³-hybridized carbons (Fsp3) is 0.235. The summed E-state index contributed by atoms with van der Waals surface area (Å²) >= 11 is 0. The molecule has 2 nitrogen and oxygen atoms in total. The molecule has 0 N–H and O–H groups in total. The summed E-state index contributed by atoms with van der Waals surface area (Å²) in [6.07, 6.45) is 0.622. The van der Waals surface area contributed by atoms with Crippen LogP contribution in [-0.4, -0.2) is 12.4 Å². The highest BCUT2D eigenvalue weighted by Gasteiger charge is 2.16. The lowest BCUT2D eigenvalue weighted by Gasteiger charge is -2.10. The Morgan fingerprint density at radius 2 is 1.86 bits per heavy atom. The van der Waals surface area contributed by atoms with Crippen molar-refractivity contribution in [1.82, 2.24) is 0 Å². The second kappa shape index (κ2) is 6.97. The predicted molar refractivity (Wildman–Crippen MR) is 76.6 cm³/mol. The van der Waals surface area contributed by atoms with Gasteiger partial charge < -0.3 is 4.74 Å². The molecule has 0 aliphatic heterocycles. The van der Waals surface area contributed by atoms with E-state index in [-0.39, 0.29) is 17.8 Å². The first-order valence-electron chi connectivity index (χ1n) is 6.81. The minimum Gasteiger partial charge on any atom is -0.493 e. The van der Waals surface area contributed by atoms with E-state index in [1.165, 1.54) is 12.1 Å². The van der Waals surface area contributed by atoms with Gasteiger partial charge in [0, 0.05) is 6.42 Å². The zero-order valence-corrected chi connectivity index (χ0v) is 11.7. The SMILES string of the molecule is CCCOc1ccccc1C(=O)Cc1cccc(F)c1F. The first-order chi connectivity index (χ1) is 10.1. The number of carbonyl (C=O) groups excluding carboxylic acids is 1. The van der Waals surface area contributed by atoms with Crippen molar-refractivity contribution in [3.05, 3.63) is 65.2 Å². The zero-order valence-electron chi connectivity index (χ0n) is 11.7. The van der Waals surface area contributed by atoms with Gasteiger partial charge in [-0.25, -0.2) is 8.78 Å². The van der Waals surface area contributed by atoms with E-state index in [4.69, 9.17) is 4.74 Å². The van der Waals surface area contributed by atoms with Crippen LogP contribution in [0.4, 0.5) is 8.78 Å². The molecule has 0 radical (unpaired) electrons. The molecule has 0 spiro atoms. The van der Waals surface area contributed by atoms with Crippen LogP contribution in [-0.2, 0) is 6.42 Å². The molecule has 2 rings (SSSR count). The Kier molecular flexibility index (Phi) is 5.04. The zero-order chi connectivity index (χ0) is 15.2. The average molecular weight is 290 g/mol. The van der Waals surface area contributed by atoms with E-state index in [2.05, 4.69) is 0 Å². The van der Waals surface area contributed by atoms with Gasteiger partial charge in [-0.15, -0.1) is 0 Å². The molecular formula is C17H16F2O2. The van der Waals surface area contributed by atoms with Gasteiger partial charge in [-0.05, 0) is 30.2 Å². The molecule has 0 atom stereocenters. The monoisotopic (exact) mass is 290 g/mol. The highest BCUT2D eigenvalue weighted by Crippen LogP contribution is 2.21. The van der Waals surface area contributed by atoms with Gasteiger partial charge >= 0.3 is 0 Å². The van der Waals surface area contributed by atoms with Crippen LogP contribution < -0.4 is 4.74 Å². The Balaban J connectivity index is 2.22. The van der Waals surface area contributed by atoms with Crippen LogP contribution >= 0.6 is 0 Å². The maximum atomic E-state index is 13.6. The van der Waals surface area contributed by atoms with Crippen molar-refractivity contribution in [2.45, 2.75) is 19.8 Å². The first kappa shape index (κ1) is 15.2. The third-order valence-corrected chi connectivity index (χ3v) is 3.03. The number of carbonyl (C=O) groups is 1. The fourth-order valence-corrected chi connectivity index (χ4v) is 1.99. The molecule has 0 saturated heterocycles. The lowest BCUT2D eigenvalue weighted by molar-refractivity contribution is 0.0987. The van der Waals surface area contributed by atoms with Crippen molar-refractivity contribution in [2.75, 3.05) is 6.61 Å². The van der Waals surface area contributed by atoms with Crippen molar-refractivity contribution < 1.29 is 18.3 Å². The molecule has 0 unspecified atom stereocenters. The topological polar surface area (TPSA) is 26.3 Å². The maximum absolute atomic E-state index is 13.6. The highest BCUT2D eigenvalue weighted by molar-refractivity contribution is 5.99. The summed E-state index contributed by atoms with van der Waals surface area (Å²) in [7, 11) is 0. The van der Waals surface area contributed by atoms with Gasteiger partial charge in [0.05, 0.1) is 12.2 Å². The smallest absolute Gasteiger partial charge is 0.171 e. The summed E-state index contributed by atoms with van der Waals surface area (Å²) in [5.74, 6) is -1.75. The van der Waals surface area contributed by atoms with Crippen molar-refractivity contribution in [2.24, 2.45) is 0 Å². The highest BCUT2D eigenvalue weighted by atomic mass is 19.2. The average Bonchev–Trinajstić information content (AvgIpc) is 2.50. The van der Waals surface area contributed by atoms with E-state index in [1.807, 2.05) is 6.92 Å². The molecule has 2 aromatic carbocycles. The number of para-hydroxylation sites is 1. The molecule has 0 bridgehead atoms. The standard InChI is InChI=1S/C17H16F2O2/c1-2-10-21-16-9-4-3-7-13(16)15(20)11-12-6-5-8-14(18)17(12)19/h3-9H,2,10-11H2,1H3. The molecule has 0 aliphatic carbocycles. The number of ketones is 1. The molecule has 0 fully saturated rings. The van der Waals surface area contributed by atoms with E-state index in [9.17, 15) is 13.6 Å². The van der Waals surface area contributed by atoms with Crippen LogP contribution in [0.15, 0.2) is 42.5 Å². The summed E-state index contributed by atoms with van der Waals surface area (Å²) in [6, 6.07) is 10.6. The number of hydrogen-bond acceptors (Lipinski definition) is 2. The van der Waals surface area contributed by atoms with Gasteiger partial charge in [0.25, 0.3) is 0 Å². The molecule has 21 heavy (non-hydrogen) atoms. The molecule has 110 valence electrons. The Morgan fingerprint density at radius 3 is 2.62 bits per heavy atom. The van der Waals surface area contributed by atoms with Crippen molar-refractivity contribution in [3.8, 4) is 5.75 Å². The molecule has 0 heterocycles. The number of benzene rings is 2. The summed E-state index contributed by atoms with van der Waals surface area (Å²) < 4.78 is 32.3.